The molecular formula is C19H20N2. The Labute approximate surface area is 125 Å². The van der Waals surface area contributed by atoms with E-state index in [-0.39, 0.29) is 6.04 Å². The van der Waals surface area contributed by atoms with Crippen LogP contribution in [0.15, 0.2) is 54.9 Å². The summed E-state index contributed by atoms with van der Waals surface area (Å²) in [5.74, 6) is 0. The molecule has 21 heavy (non-hydrogen) atoms. The van der Waals surface area contributed by atoms with Crippen LogP contribution in [0.2, 0.25) is 0 Å². The number of aryl methyl sites for hydroxylation is 1. The van der Waals surface area contributed by atoms with E-state index in [1.165, 1.54) is 40.3 Å². The van der Waals surface area contributed by atoms with Crippen LogP contribution < -0.4 is 5.73 Å². The normalized spacial score (nSPS) is 17.9. The summed E-state index contributed by atoms with van der Waals surface area (Å²) in [7, 11) is 0. The lowest BCUT2D eigenvalue weighted by Gasteiger charge is -2.17. The fourth-order valence-electron chi connectivity index (χ4n) is 3.50. The van der Waals surface area contributed by atoms with Gasteiger partial charge in [0.15, 0.2) is 0 Å². The fraction of sp³-hybridized carbons (Fsp3) is 0.263. The second-order valence-corrected chi connectivity index (χ2v) is 6.05. The minimum atomic E-state index is 0.225. The molecule has 1 aliphatic carbocycles. The van der Waals surface area contributed by atoms with Gasteiger partial charge < -0.3 is 10.3 Å². The summed E-state index contributed by atoms with van der Waals surface area (Å²) in [6, 6.07) is 15.4. The van der Waals surface area contributed by atoms with Gasteiger partial charge in [0.05, 0.1) is 0 Å². The van der Waals surface area contributed by atoms with Crippen LogP contribution in [0.25, 0.3) is 10.8 Å². The molecule has 4 rings (SSSR count). The van der Waals surface area contributed by atoms with Gasteiger partial charge in [-0.1, -0.05) is 42.5 Å². The number of nitrogens with zero attached hydrogens (tertiary/aromatic N) is 1. The van der Waals surface area contributed by atoms with Gasteiger partial charge in [-0.15, -0.1) is 0 Å². The second kappa shape index (κ2) is 5.05. The van der Waals surface area contributed by atoms with Gasteiger partial charge in [0.2, 0.25) is 0 Å². The average Bonchev–Trinajstić information content (AvgIpc) is 2.92. The molecule has 1 aromatic heterocycles. The summed E-state index contributed by atoms with van der Waals surface area (Å²) >= 11 is 0. The molecule has 0 spiro atoms. The van der Waals surface area contributed by atoms with E-state index in [0.29, 0.717) is 0 Å². The second-order valence-electron chi connectivity index (χ2n) is 6.05. The Balaban J connectivity index is 1.72. The molecule has 0 aliphatic heterocycles. The quantitative estimate of drug-likeness (QED) is 0.753. The van der Waals surface area contributed by atoms with E-state index in [2.05, 4.69) is 59.4 Å². The van der Waals surface area contributed by atoms with Crippen molar-refractivity contribution in [1.29, 1.82) is 0 Å². The third kappa shape index (κ3) is 2.26. The topological polar surface area (TPSA) is 30.9 Å². The highest BCUT2D eigenvalue weighted by Crippen LogP contribution is 2.29. The first kappa shape index (κ1) is 12.7. The van der Waals surface area contributed by atoms with E-state index in [9.17, 15) is 0 Å². The molecule has 0 saturated carbocycles. The highest BCUT2D eigenvalue weighted by Gasteiger charge is 2.18. The summed E-state index contributed by atoms with van der Waals surface area (Å²) in [5, 5.41) is 2.65. The van der Waals surface area contributed by atoms with E-state index in [4.69, 9.17) is 5.73 Å². The van der Waals surface area contributed by atoms with E-state index in [1.54, 1.807) is 0 Å². The minimum absolute atomic E-state index is 0.225. The van der Waals surface area contributed by atoms with Gasteiger partial charge in [-0.2, -0.15) is 0 Å². The van der Waals surface area contributed by atoms with Crippen LogP contribution in [0.5, 0.6) is 0 Å². The molecule has 1 atom stereocenters. The zero-order valence-corrected chi connectivity index (χ0v) is 12.1. The third-order valence-corrected chi connectivity index (χ3v) is 4.59. The predicted octanol–water partition coefficient (Wildman–Crippen LogP) is 4.03. The van der Waals surface area contributed by atoms with Gasteiger partial charge in [-0.3, -0.25) is 0 Å². The van der Waals surface area contributed by atoms with Gasteiger partial charge >= 0.3 is 0 Å². The number of rotatable bonds is 2. The summed E-state index contributed by atoms with van der Waals surface area (Å²) in [4.78, 5) is 0. The lowest BCUT2D eigenvalue weighted by molar-refractivity contribution is 0.573. The number of hydrogen-bond donors (Lipinski definition) is 1. The van der Waals surface area contributed by atoms with Crippen molar-refractivity contribution in [2.45, 2.75) is 31.8 Å². The van der Waals surface area contributed by atoms with Crippen LogP contribution in [0.3, 0.4) is 0 Å². The third-order valence-electron chi connectivity index (χ3n) is 4.59. The predicted molar refractivity (Wildman–Crippen MR) is 87.3 cm³/mol. The van der Waals surface area contributed by atoms with Crippen molar-refractivity contribution in [3.63, 3.8) is 0 Å². The van der Waals surface area contributed by atoms with Gasteiger partial charge in [0.25, 0.3) is 0 Å². The van der Waals surface area contributed by atoms with Gasteiger partial charge in [0, 0.05) is 25.0 Å². The standard InChI is InChI=1S/C19H20N2/c20-19-10-4-8-16-12-21(13-18(16)19)11-15-7-3-6-14-5-1-2-9-17(14)15/h1-3,5-7,9,12-13,19H,4,8,10-11,20H2. The molecule has 0 fully saturated rings. The number of aromatic nitrogens is 1. The maximum Gasteiger partial charge on any atom is 0.0476 e. The maximum absolute atomic E-state index is 6.23. The lowest BCUT2D eigenvalue weighted by atomic mass is 9.92. The van der Waals surface area contributed by atoms with Crippen LogP contribution in [0, 0.1) is 0 Å². The Hall–Kier alpha value is -2.06. The first-order chi connectivity index (χ1) is 10.3. The Bertz CT molecular complexity index is 780. The first-order valence-corrected chi connectivity index (χ1v) is 7.72. The molecule has 0 radical (unpaired) electrons. The molecule has 1 heterocycles. The minimum Gasteiger partial charge on any atom is -0.349 e. The van der Waals surface area contributed by atoms with E-state index in [1.807, 2.05) is 0 Å². The number of nitrogens with two attached hydrogens (primary N) is 1. The van der Waals surface area contributed by atoms with Crippen molar-refractivity contribution < 1.29 is 0 Å². The zero-order chi connectivity index (χ0) is 14.2. The smallest absolute Gasteiger partial charge is 0.0476 e. The lowest BCUT2D eigenvalue weighted by Crippen LogP contribution is -2.15. The summed E-state index contributed by atoms with van der Waals surface area (Å²) in [6.45, 7) is 0.918. The first-order valence-electron chi connectivity index (χ1n) is 7.72. The molecule has 0 amide bonds. The largest absolute Gasteiger partial charge is 0.349 e. The highest BCUT2D eigenvalue weighted by atomic mass is 14.9. The van der Waals surface area contributed by atoms with Crippen molar-refractivity contribution in [2.75, 3.05) is 0 Å². The summed E-state index contributed by atoms with van der Waals surface area (Å²) < 4.78 is 2.30. The molecule has 0 saturated heterocycles. The van der Waals surface area contributed by atoms with Gasteiger partial charge in [-0.25, -0.2) is 0 Å². The Kier molecular flexibility index (Phi) is 3.04. The SMILES string of the molecule is NC1CCCc2cn(Cc3cccc4ccccc34)cc21. The van der Waals surface area contributed by atoms with E-state index >= 15 is 0 Å². The molecule has 0 bridgehead atoms. The molecule has 2 aromatic carbocycles. The number of fused-ring (bicyclic) bond motifs is 2. The van der Waals surface area contributed by atoms with Crippen molar-refractivity contribution in [3.8, 4) is 0 Å². The van der Waals surface area contributed by atoms with E-state index < -0.39 is 0 Å². The van der Waals surface area contributed by atoms with Crippen LogP contribution >= 0.6 is 0 Å². The van der Waals surface area contributed by atoms with Crippen molar-refractivity contribution in [2.24, 2.45) is 5.73 Å². The Morgan fingerprint density at radius 1 is 1.05 bits per heavy atom. The summed E-state index contributed by atoms with van der Waals surface area (Å²) in [6.07, 6.45) is 8.04. The van der Waals surface area contributed by atoms with E-state index in [0.717, 1.165) is 13.0 Å². The molecule has 2 heteroatoms. The average molecular weight is 276 g/mol. The van der Waals surface area contributed by atoms with Crippen LogP contribution in [-0.4, -0.2) is 4.57 Å². The molecular weight excluding hydrogens is 256 g/mol. The van der Waals surface area contributed by atoms with Crippen LogP contribution in [0.4, 0.5) is 0 Å². The van der Waals surface area contributed by atoms with Crippen LogP contribution in [0.1, 0.15) is 35.6 Å². The van der Waals surface area contributed by atoms with Crippen molar-refractivity contribution in [1.82, 2.24) is 4.57 Å². The molecule has 3 aromatic rings. The summed E-state index contributed by atoms with van der Waals surface area (Å²) in [5.41, 5.74) is 10.4. The Morgan fingerprint density at radius 3 is 2.81 bits per heavy atom. The Morgan fingerprint density at radius 2 is 1.90 bits per heavy atom. The monoisotopic (exact) mass is 276 g/mol. The van der Waals surface area contributed by atoms with Crippen LogP contribution in [-0.2, 0) is 13.0 Å². The van der Waals surface area contributed by atoms with Crippen molar-refractivity contribution in [3.05, 3.63) is 71.5 Å². The maximum atomic E-state index is 6.23. The molecule has 1 aliphatic rings. The van der Waals surface area contributed by atoms with Crippen molar-refractivity contribution >= 4 is 10.8 Å². The number of hydrogen-bond acceptors (Lipinski definition) is 1. The zero-order valence-electron chi connectivity index (χ0n) is 12.1. The molecule has 106 valence electrons. The van der Waals surface area contributed by atoms with Gasteiger partial charge in [-0.05, 0) is 46.7 Å². The highest BCUT2D eigenvalue weighted by molar-refractivity contribution is 5.85. The number of benzene rings is 2. The fourth-order valence-corrected chi connectivity index (χ4v) is 3.50. The van der Waals surface area contributed by atoms with Gasteiger partial charge in [0.1, 0.15) is 0 Å². The molecule has 1 unspecified atom stereocenters. The molecule has 2 N–H and O–H groups in total. The molecule has 2 nitrogen and oxygen atoms in total.